The summed E-state index contributed by atoms with van der Waals surface area (Å²) in [6.45, 7) is 0. The highest BCUT2D eigenvalue weighted by molar-refractivity contribution is 14.1. The average molecular weight is 410 g/mol. The number of amides is 1. The van der Waals surface area contributed by atoms with Crippen molar-refractivity contribution >= 4 is 57.4 Å². The molecule has 0 aliphatic rings. The van der Waals surface area contributed by atoms with Crippen LogP contribution in [0.1, 0.15) is 10.4 Å². The van der Waals surface area contributed by atoms with Crippen molar-refractivity contribution in [3.63, 3.8) is 0 Å². The smallest absolute Gasteiger partial charge is 0.255 e. The second-order valence-corrected chi connectivity index (χ2v) is 5.71. The van der Waals surface area contributed by atoms with Gasteiger partial charge in [0.25, 0.3) is 5.91 Å². The molecule has 0 heterocycles. The molecular weight excluding hydrogens is 403 g/mol. The molecule has 0 atom stereocenters. The summed E-state index contributed by atoms with van der Waals surface area (Å²) in [5, 5.41) is 3.22. The lowest BCUT2D eigenvalue weighted by Crippen LogP contribution is -2.12. The minimum atomic E-state index is -0.556. The first-order valence-corrected chi connectivity index (χ1v) is 7.02. The summed E-state index contributed by atoms with van der Waals surface area (Å²) in [5.74, 6) is -0.915. The minimum absolute atomic E-state index is 0.0848. The van der Waals surface area contributed by atoms with E-state index in [1.165, 1.54) is 12.1 Å². The van der Waals surface area contributed by atoms with Crippen LogP contribution in [0.2, 0.25) is 10.0 Å². The van der Waals surface area contributed by atoms with E-state index in [4.69, 9.17) is 23.2 Å². The molecule has 2 rings (SSSR count). The Balaban J connectivity index is 2.23. The number of carbonyl (C=O) groups is 1. The molecule has 0 fully saturated rings. The van der Waals surface area contributed by atoms with Gasteiger partial charge in [0.1, 0.15) is 5.82 Å². The molecule has 1 N–H and O–H groups in total. The van der Waals surface area contributed by atoms with Crippen molar-refractivity contribution in [3.8, 4) is 0 Å². The third kappa shape index (κ3) is 3.58. The Morgan fingerprint density at radius 1 is 1.16 bits per heavy atom. The van der Waals surface area contributed by atoms with Gasteiger partial charge in [-0.3, -0.25) is 4.79 Å². The predicted molar refractivity (Wildman–Crippen MR) is 83.5 cm³/mol. The van der Waals surface area contributed by atoms with Gasteiger partial charge in [-0.25, -0.2) is 4.39 Å². The van der Waals surface area contributed by atoms with Gasteiger partial charge in [-0.2, -0.15) is 0 Å². The maximum Gasteiger partial charge on any atom is 0.255 e. The summed E-state index contributed by atoms with van der Waals surface area (Å²) in [7, 11) is 0. The summed E-state index contributed by atoms with van der Waals surface area (Å²) < 4.78 is 13.8. The normalized spacial score (nSPS) is 10.3. The van der Waals surface area contributed by atoms with E-state index in [0.717, 1.165) is 9.64 Å². The van der Waals surface area contributed by atoms with Crippen LogP contribution in [0.4, 0.5) is 10.1 Å². The standard InChI is InChI=1S/C13H7Cl2FINO/c14-8-2-4-12(11(17)6-8)18-13(19)7-1-3-10(16)9(15)5-7/h1-6H,(H,18,19). The summed E-state index contributed by atoms with van der Waals surface area (Å²) in [5.41, 5.74) is 0.924. The second-order valence-electron chi connectivity index (χ2n) is 3.71. The van der Waals surface area contributed by atoms with E-state index in [2.05, 4.69) is 27.9 Å². The molecule has 0 radical (unpaired) electrons. The SMILES string of the molecule is O=C(Nc1ccc(Cl)cc1I)c1ccc(F)c(Cl)c1. The Morgan fingerprint density at radius 3 is 2.53 bits per heavy atom. The lowest BCUT2D eigenvalue weighted by Gasteiger charge is -2.08. The highest BCUT2D eigenvalue weighted by Crippen LogP contribution is 2.23. The van der Waals surface area contributed by atoms with Crippen LogP contribution in [0, 0.1) is 9.39 Å². The van der Waals surface area contributed by atoms with Crippen molar-refractivity contribution in [1.29, 1.82) is 0 Å². The monoisotopic (exact) mass is 409 g/mol. The Kier molecular flexibility index (Phi) is 4.65. The van der Waals surface area contributed by atoms with Gasteiger partial charge in [-0.15, -0.1) is 0 Å². The molecule has 0 saturated heterocycles. The molecular formula is C13H7Cl2FINO. The highest BCUT2D eigenvalue weighted by Gasteiger charge is 2.10. The summed E-state index contributed by atoms with van der Waals surface area (Å²) >= 11 is 13.5. The van der Waals surface area contributed by atoms with E-state index < -0.39 is 5.82 Å². The van der Waals surface area contributed by atoms with E-state index in [9.17, 15) is 9.18 Å². The third-order valence-electron chi connectivity index (χ3n) is 2.36. The molecule has 6 heteroatoms. The van der Waals surface area contributed by atoms with Crippen LogP contribution < -0.4 is 5.32 Å². The van der Waals surface area contributed by atoms with E-state index >= 15 is 0 Å². The molecule has 0 saturated carbocycles. The first kappa shape index (κ1) is 14.6. The zero-order valence-corrected chi connectivity index (χ0v) is 13.1. The highest BCUT2D eigenvalue weighted by atomic mass is 127. The van der Waals surface area contributed by atoms with Crippen LogP contribution in [0.3, 0.4) is 0 Å². The van der Waals surface area contributed by atoms with Crippen molar-refractivity contribution in [1.82, 2.24) is 0 Å². The van der Waals surface area contributed by atoms with Crippen molar-refractivity contribution in [2.45, 2.75) is 0 Å². The predicted octanol–water partition coefficient (Wildman–Crippen LogP) is 4.99. The summed E-state index contributed by atoms with van der Waals surface area (Å²) in [6, 6.07) is 8.93. The number of rotatable bonds is 2. The fraction of sp³-hybridized carbons (Fsp3) is 0. The Labute approximate surface area is 133 Å². The molecule has 0 bridgehead atoms. The van der Waals surface area contributed by atoms with Gasteiger partial charge in [0.15, 0.2) is 0 Å². The molecule has 2 nitrogen and oxygen atoms in total. The molecule has 0 aliphatic heterocycles. The third-order valence-corrected chi connectivity index (χ3v) is 3.78. The second kappa shape index (κ2) is 6.07. The number of halogens is 4. The van der Waals surface area contributed by atoms with Crippen molar-refractivity contribution in [2.24, 2.45) is 0 Å². The fourth-order valence-corrected chi connectivity index (χ4v) is 2.61. The van der Waals surface area contributed by atoms with Gasteiger partial charge in [0, 0.05) is 14.2 Å². The van der Waals surface area contributed by atoms with Crippen LogP contribution >= 0.6 is 45.8 Å². The van der Waals surface area contributed by atoms with Gasteiger partial charge < -0.3 is 5.32 Å². The van der Waals surface area contributed by atoms with E-state index in [-0.39, 0.29) is 16.5 Å². The zero-order valence-electron chi connectivity index (χ0n) is 9.38. The van der Waals surface area contributed by atoms with Crippen LogP contribution in [0.15, 0.2) is 36.4 Å². The summed E-state index contributed by atoms with van der Waals surface area (Å²) in [6.07, 6.45) is 0. The van der Waals surface area contributed by atoms with Crippen LogP contribution in [-0.4, -0.2) is 5.91 Å². The quantitative estimate of drug-likeness (QED) is 0.695. The minimum Gasteiger partial charge on any atom is -0.321 e. The van der Waals surface area contributed by atoms with Crippen LogP contribution in [0.25, 0.3) is 0 Å². The number of anilines is 1. The maximum absolute atomic E-state index is 13.0. The molecule has 0 aromatic heterocycles. The molecule has 19 heavy (non-hydrogen) atoms. The van der Waals surface area contributed by atoms with Gasteiger partial charge in [-0.05, 0) is 59.0 Å². The number of hydrogen-bond acceptors (Lipinski definition) is 1. The van der Waals surface area contributed by atoms with E-state index in [1.807, 2.05) is 0 Å². The largest absolute Gasteiger partial charge is 0.321 e. The zero-order chi connectivity index (χ0) is 14.0. The number of benzene rings is 2. The Hall–Kier alpha value is -0.850. The van der Waals surface area contributed by atoms with Crippen molar-refractivity contribution in [2.75, 3.05) is 5.32 Å². The topological polar surface area (TPSA) is 29.1 Å². The van der Waals surface area contributed by atoms with Crippen LogP contribution in [-0.2, 0) is 0 Å². The first-order valence-electron chi connectivity index (χ1n) is 5.19. The van der Waals surface area contributed by atoms with Crippen molar-refractivity contribution in [3.05, 3.63) is 61.4 Å². The molecule has 0 aliphatic carbocycles. The lowest BCUT2D eigenvalue weighted by molar-refractivity contribution is 0.102. The molecule has 2 aromatic carbocycles. The molecule has 0 unspecified atom stereocenters. The fourth-order valence-electron chi connectivity index (χ4n) is 1.42. The van der Waals surface area contributed by atoms with Gasteiger partial charge in [0.05, 0.1) is 10.7 Å². The lowest BCUT2D eigenvalue weighted by atomic mass is 10.2. The van der Waals surface area contributed by atoms with Gasteiger partial charge >= 0.3 is 0 Å². The Morgan fingerprint density at radius 2 is 1.89 bits per heavy atom. The number of nitrogens with one attached hydrogen (secondary N) is 1. The molecule has 0 spiro atoms. The molecule has 98 valence electrons. The molecule has 1 amide bonds. The number of carbonyl (C=O) groups excluding carboxylic acids is 1. The van der Waals surface area contributed by atoms with Gasteiger partial charge in [-0.1, -0.05) is 23.2 Å². The maximum atomic E-state index is 13.0. The van der Waals surface area contributed by atoms with E-state index in [1.54, 1.807) is 18.2 Å². The van der Waals surface area contributed by atoms with E-state index in [0.29, 0.717) is 10.7 Å². The number of hydrogen-bond donors (Lipinski definition) is 1. The Bertz CT molecular complexity index is 649. The van der Waals surface area contributed by atoms with Gasteiger partial charge in [0.2, 0.25) is 0 Å². The molecule has 2 aromatic rings. The summed E-state index contributed by atoms with van der Waals surface area (Å²) in [4.78, 5) is 12.0. The first-order chi connectivity index (χ1) is 8.97. The van der Waals surface area contributed by atoms with Crippen molar-refractivity contribution < 1.29 is 9.18 Å². The average Bonchev–Trinajstić information content (AvgIpc) is 2.36. The van der Waals surface area contributed by atoms with Crippen LogP contribution in [0.5, 0.6) is 0 Å².